The third-order valence-electron chi connectivity index (χ3n) is 3.51. The predicted molar refractivity (Wildman–Crippen MR) is 75.1 cm³/mol. The van der Waals surface area contributed by atoms with E-state index in [1.54, 1.807) is 0 Å². The van der Waals surface area contributed by atoms with Crippen molar-refractivity contribution in [1.29, 1.82) is 0 Å². The van der Waals surface area contributed by atoms with E-state index in [1.165, 1.54) is 5.56 Å². The van der Waals surface area contributed by atoms with Crippen LogP contribution in [0.1, 0.15) is 18.5 Å². The normalized spacial score (nSPS) is 22.1. The van der Waals surface area contributed by atoms with Crippen LogP contribution in [0.5, 0.6) is 0 Å². The molecule has 1 fully saturated rings. The Morgan fingerprint density at radius 3 is 2.94 bits per heavy atom. The molecule has 2 unspecified atom stereocenters. The molecule has 0 aliphatic carbocycles. The topological polar surface area (TPSA) is 24.5 Å². The Balaban J connectivity index is 1.95. The van der Waals surface area contributed by atoms with Crippen LogP contribution in [0.3, 0.4) is 0 Å². The summed E-state index contributed by atoms with van der Waals surface area (Å²) in [4.78, 5) is 2.29. The average Bonchev–Trinajstić information content (AvgIpc) is 2.39. The molecule has 0 spiro atoms. The van der Waals surface area contributed by atoms with E-state index >= 15 is 0 Å². The van der Waals surface area contributed by atoms with Crippen LogP contribution in [-0.2, 0) is 4.74 Å². The molecule has 2 atom stereocenters. The van der Waals surface area contributed by atoms with Crippen molar-refractivity contribution in [3.05, 3.63) is 34.9 Å². The van der Waals surface area contributed by atoms with Crippen molar-refractivity contribution in [3.8, 4) is 0 Å². The molecule has 3 nitrogen and oxygen atoms in total. The molecule has 1 aliphatic rings. The van der Waals surface area contributed by atoms with Crippen molar-refractivity contribution in [2.45, 2.75) is 19.1 Å². The van der Waals surface area contributed by atoms with E-state index in [9.17, 15) is 0 Å². The van der Waals surface area contributed by atoms with Crippen LogP contribution in [0.25, 0.3) is 0 Å². The molecule has 4 heteroatoms. The minimum Gasteiger partial charge on any atom is -0.374 e. The lowest BCUT2D eigenvalue weighted by Crippen LogP contribution is -2.44. The van der Waals surface area contributed by atoms with Gasteiger partial charge in [-0.3, -0.25) is 4.90 Å². The summed E-state index contributed by atoms with van der Waals surface area (Å²) in [6.07, 6.45) is 0.272. The van der Waals surface area contributed by atoms with Crippen LogP contribution in [0.15, 0.2) is 24.3 Å². The number of morpholine rings is 1. The van der Waals surface area contributed by atoms with E-state index in [-0.39, 0.29) is 6.10 Å². The minimum absolute atomic E-state index is 0.272. The number of benzene rings is 1. The molecule has 1 aromatic rings. The van der Waals surface area contributed by atoms with Gasteiger partial charge in [0.05, 0.1) is 12.7 Å². The van der Waals surface area contributed by atoms with Crippen molar-refractivity contribution in [1.82, 2.24) is 10.2 Å². The number of rotatable bonds is 4. The molecular formula is C14H21ClN2O. The Morgan fingerprint density at radius 1 is 1.50 bits per heavy atom. The summed E-state index contributed by atoms with van der Waals surface area (Å²) in [6, 6.07) is 8.32. The fourth-order valence-electron chi connectivity index (χ4n) is 2.27. The predicted octanol–water partition coefficient (Wildman–Crippen LogP) is 2.32. The molecule has 2 rings (SSSR count). The molecule has 1 N–H and O–H groups in total. The van der Waals surface area contributed by atoms with Gasteiger partial charge in [-0.25, -0.2) is 0 Å². The summed E-state index contributed by atoms with van der Waals surface area (Å²) in [5.41, 5.74) is 1.17. The van der Waals surface area contributed by atoms with Crippen molar-refractivity contribution < 1.29 is 4.74 Å². The minimum atomic E-state index is 0.272. The quantitative estimate of drug-likeness (QED) is 0.907. The Kier molecular flexibility index (Phi) is 5.01. The maximum Gasteiger partial charge on any atom is 0.0826 e. The third kappa shape index (κ3) is 3.45. The summed E-state index contributed by atoms with van der Waals surface area (Å²) < 4.78 is 5.73. The maximum atomic E-state index is 6.24. The zero-order valence-corrected chi connectivity index (χ0v) is 11.8. The standard InChI is InChI=1S/C14H21ClN2O/c1-11(13-5-3-4-6-14(13)15)17(2)10-12-9-16-7-8-18-12/h3-6,11-12,16H,7-10H2,1-2H3. The van der Waals surface area contributed by atoms with Gasteiger partial charge in [0.1, 0.15) is 0 Å². The highest BCUT2D eigenvalue weighted by molar-refractivity contribution is 6.31. The smallest absolute Gasteiger partial charge is 0.0826 e. The lowest BCUT2D eigenvalue weighted by Gasteiger charge is -2.31. The maximum absolute atomic E-state index is 6.24. The van der Waals surface area contributed by atoms with E-state index in [4.69, 9.17) is 16.3 Å². The second-order valence-electron chi connectivity index (χ2n) is 4.83. The van der Waals surface area contributed by atoms with Crippen LogP contribution in [0.4, 0.5) is 0 Å². The van der Waals surface area contributed by atoms with Crippen molar-refractivity contribution in [3.63, 3.8) is 0 Å². The van der Waals surface area contributed by atoms with Gasteiger partial charge in [-0.15, -0.1) is 0 Å². The number of hydrogen-bond acceptors (Lipinski definition) is 3. The molecular weight excluding hydrogens is 248 g/mol. The summed E-state index contributed by atoms with van der Waals surface area (Å²) in [5, 5.41) is 4.19. The highest BCUT2D eigenvalue weighted by Crippen LogP contribution is 2.26. The average molecular weight is 269 g/mol. The van der Waals surface area contributed by atoms with E-state index in [2.05, 4.69) is 30.3 Å². The van der Waals surface area contributed by atoms with Crippen molar-refractivity contribution >= 4 is 11.6 Å². The van der Waals surface area contributed by atoms with Gasteiger partial charge in [0.15, 0.2) is 0 Å². The highest BCUT2D eigenvalue weighted by Gasteiger charge is 2.20. The molecule has 18 heavy (non-hydrogen) atoms. The first-order chi connectivity index (χ1) is 8.68. The van der Waals surface area contributed by atoms with Crippen LogP contribution < -0.4 is 5.32 Å². The van der Waals surface area contributed by atoms with E-state index < -0.39 is 0 Å². The fourth-order valence-corrected chi connectivity index (χ4v) is 2.56. The molecule has 1 heterocycles. The van der Waals surface area contributed by atoms with Gasteiger partial charge in [-0.1, -0.05) is 29.8 Å². The van der Waals surface area contributed by atoms with Gasteiger partial charge < -0.3 is 10.1 Å². The number of ether oxygens (including phenoxy) is 1. The Hall–Kier alpha value is -0.610. The van der Waals surface area contributed by atoms with Crippen LogP contribution in [0, 0.1) is 0 Å². The molecule has 0 saturated carbocycles. The molecule has 100 valence electrons. The van der Waals surface area contributed by atoms with Gasteiger partial charge in [0.25, 0.3) is 0 Å². The van der Waals surface area contributed by atoms with Gasteiger partial charge in [-0.05, 0) is 25.6 Å². The molecule has 0 amide bonds. The second-order valence-corrected chi connectivity index (χ2v) is 5.24. The highest BCUT2D eigenvalue weighted by atomic mass is 35.5. The first-order valence-electron chi connectivity index (χ1n) is 6.45. The number of nitrogens with one attached hydrogen (secondary N) is 1. The second kappa shape index (κ2) is 6.53. The van der Waals surface area contributed by atoms with Crippen LogP contribution >= 0.6 is 11.6 Å². The summed E-state index contributed by atoms with van der Waals surface area (Å²) >= 11 is 6.24. The largest absolute Gasteiger partial charge is 0.374 e. The molecule has 1 aliphatic heterocycles. The van der Waals surface area contributed by atoms with Gasteiger partial charge >= 0.3 is 0 Å². The van der Waals surface area contributed by atoms with Crippen molar-refractivity contribution in [2.75, 3.05) is 33.3 Å². The number of hydrogen-bond donors (Lipinski definition) is 1. The molecule has 1 saturated heterocycles. The van der Waals surface area contributed by atoms with Crippen LogP contribution in [0.2, 0.25) is 5.02 Å². The molecule has 0 aromatic heterocycles. The van der Waals surface area contributed by atoms with Gasteiger partial charge in [-0.2, -0.15) is 0 Å². The summed E-state index contributed by atoms with van der Waals surface area (Å²) in [6.45, 7) is 5.79. The Bertz CT molecular complexity index is 380. The fraction of sp³-hybridized carbons (Fsp3) is 0.571. The van der Waals surface area contributed by atoms with E-state index in [1.807, 2.05) is 18.2 Å². The summed E-state index contributed by atoms with van der Waals surface area (Å²) in [7, 11) is 2.12. The lowest BCUT2D eigenvalue weighted by atomic mass is 10.1. The molecule has 0 radical (unpaired) electrons. The van der Waals surface area contributed by atoms with E-state index in [0.29, 0.717) is 6.04 Å². The number of halogens is 1. The molecule has 1 aromatic carbocycles. The first-order valence-corrected chi connectivity index (χ1v) is 6.83. The number of nitrogens with zero attached hydrogens (tertiary/aromatic N) is 1. The Labute approximate surface area is 114 Å². The SMILES string of the molecule is CC(c1ccccc1Cl)N(C)CC1CNCCO1. The zero-order chi connectivity index (χ0) is 13.0. The van der Waals surface area contributed by atoms with Gasteiger partial charge in [0.2, 0.25) is 0 Å². The van der Waals surface area contributed by atoms with Gasteiger partial charge in [0, 0.05) is 30.7 Å². The van der Waals surface area contributed by atoms with Crippen molar-refractivity contribution in [2.24, 2.45) is 0 Å². The third-order valence-corrected chi connectivity index (χ3v) is 3.86. The van der Waals surface area contributed by atoms with E-state index in [0.717, 1.165) is 31.3 Å². The Morgan fingerprint density at radius 2 is 2.28 bits per heavy atom. The monoisotopic (exact) mass is 268 g/mol. The van der Waals surface area contributed by atoms with Crippen LogP contribution in [-0.4, -0.2) is 44.3 Å². The summed E-state index contributed by atoms with van der Waals surface area (Å²) in [5.74, 6) is 0. The lowest BCUT2D eigenvalue weighted by molar-refractivity contribution is 0.00394. The zero-order valence-electron chi connectivity index (χ0n) is 11.0. The molecule has 0 bridgehead atoms. The number of likely N-dealkylation sites (N-methyl/N-ethyl adjacent to an activating group) is 1. The first kappa shape index (κ1) is 13.8.